The van der Waals surface area contributed by atoms with E-state index in [0.29, 0.717) is 11.6 Å². The molecular formula is C11H19N3O3S. The molecule has 18 heavy (non-hydrogen) atoms. The fourth-order valence-electron chi connectivity index (χ4n) is 1.96. The average molecular weight is 273 g/mol. The van der Waals surface area contributed by atoms with Gasteiger partial charge in [-0.3, -0.25) is 9.40 Å². The first kappa shape index (κ1) is 13.4. The monoisotopic (exact) mass is 273 g/mol. The van der Waals surface area contributed by atoms with Crippen molar-refractivity contribution in [2.24, 2.45) is 5.92 Å². The summed E-state index contributed by atoms with van der Waals surface area (Å²) in [5.41, 5.74) is 0.531. The van der Waals surface area contributed by atoms with Crippen LogP contribution in [0.25, 0.3) is 0 Å². The molecule has 7 heteroatoms. The second-order valence-corrected chi connectivity index (χ2v) is 6.52. The van der Waals surface area contributed by atoms with Crippen molar-refractivity contribution in [1.82, 2.24) is 9.78 Å². The minimum Gasteiger partial charge on any atom is -0.381 e. The van der Waals surface area contributed by atoms with E-state index in [9.17, 15) is 8.42 Å². The van der Waals surface area contributed by atoms with Crippen molar-refractivity contribution in [3.05, 3.63) is 12.4 Å². The summed E-state index contributed by atoms with van der Waals surface area (Å²) >= 11 is 0. The molecule has 0 unspecified atom stereocenters. The summed E-state index contributed by atoms with van der Waals surface area (Å²) in [6.07, 6.45) is 5.36. The van der Waals surface area contributed by atoms with Crippen molar-refractivity contribution in [1.29, 1.82) is 0 Å². The van der Waals surface area contributed by atoms with Gasteiger partial charge in [-0.2, -0.15) is 5.10 Å². The standard InChI is InChI=1S/C11H19N3O3S/c1-2-18(15,16)13-11-7-12-14(9-11)8-10-3-5-17-6-4-10/h7,9-10,13H,2-6,8H2,1H3. The van der Waals surface area contributed by atoms with Crippen LogP contribution in [-0.4, -0.2) is 37.2 Å². The highest BCUT2D eigenvalue weighted by Crippen LogP contribution is 2.17. The minimum absolute atomic E-state index is 0.0676. The van der Waals surface area contributed by atoms with Crippen LogP contribution < -0.4 is 4.72 Å². The van der Waals surface area contributed by atoms with Gasteiger partial charge in [0.15, 0.2) is 0 Å². The highest BCUT2D eigenvalue weighted by molar-refractivity contribution is 7.92. The minimum atomic E-state index is -3.22. The van der Waals surface area contributed by atoms with Crippen LogP contribution in [0, 0.1) is 5.92 Å². The first-order valence-electron chi connectivity index (χ1n) is 6.20. The molecule has 0 saturated carbocycles. The highest BCUT2D eigenvalue weighted by atomic mass is 32.2. The molecule has 0 radical (unpaired) electrons. The van der Waals surface area contributed by atoms with Crippen LogP contribution in [0.2, 0.25) is 0 Å². The summed E-state index contributed by atoms with van der Waals surface area (Å²) in [5.74, 6) is 0.632. The summed E-state index contributed by atoms with van der Waals surface area (Å²) in [5, 5.41) is 4.18. The topological polar surface area (TPSA) is 73.2 Å². The van der Waals surface area contributed by atoms with Crippen molar-refractivity contribution in [3.8, 4) is 0 Å². The summed E-state index contributed by atoms with van der Waals surface area (Å²) in [6, 6.07) is 0. The number of aromatic nitrogens is 2. The Morgan fingerprint density at radius 3 is 2.89 bits per heavy atom. The Labute approximate surface area is 107 Å². The van der Waals surface area contributed by atoms with Crippen molar-refractivity contribution in [2.45, 2.75) is 26.3 Å². The Morgan fingerprint density at radius 2 is 2.22 bits per heavy atom. The normalized spacial score (nSPS) is 17.8. The Hall–Kier alpha value is -1.08. The predicted octanol–water partition coefficient (Wildman–Crippen LogP) is 1.07. The molecule has 0 aromatic carbocycles. The lowest BCUT2D eigenvalue weighted by Gasteiger charge is -2.21. The van der Waals surface area contributed by atoms with Gasteiger partial charge < -0.3 is 4.74 Å². The van der Waals surface area contributed by atoms with Crippen molar-refractivity contribution >= 4 is 15.7 Å². The van der Waals surface area contributed by atoms with Crippen LogP contribution in [0.5, 0.6) is 0 Å². The molecule has 0 spiro atoms. The van der Waals surface area contributed by atoms with Gasteiger partial charge in [-0.05, 0) is 25.7 Å². The molecule has 2 rings (SSSR count). The van der Waals surface area contributed by atoms with E-state index in [2.05, 4.69) is 9.82 Å². The maximum absolute atomic E-state index is 11.4. The highest BCUT2D eigenvalue weighted by Gasteiger charge is 2.15. The zero-order valence-corrected chi connectivity index (χ0v) is 11.3. The molecule has 1 N–H and O–H groups in total. The molecule has 2 heterocycles. The predicted molar refractivity (Wildman–Crippen MR) is 68.9 cm³/mol. The summed E-state index contributed by atoms with van der Waals surface area (Å²) in [7, 11) is -3.22. The van der Waals surface area contributed by atoms with E-state index < -0.39 is 10.0 Å². The number of anilines is 1. The van der Waals surface area contributed by atoms with Gasteiger partial charge in [-0.15, -0.1) is 0 Å². The van der Waals surface area contributed by atoms with Crippen LogP contribution in [0.3, 0.4) is 0 Å². The smallest absolute Gasteiger partial charge is 0.232 e. The molecule has 102 valence electrons. The second-order valence-electron chi connectivity index (χ2n) is 4.51. The SMILES string of the molecule is CCS(=O)(=O)Nc1cnn(CC2CCOCC2)c1. The molecule has 1 aromatic heterocycles. The molecule has 0 amide bonds. The van der Waals surface area contributed by atoms with Gasteiger partial charge in [0.05, 0.1) is 17.6 Å². The van der Waals surface area contributed by atoms with Gasteiger partial charge in [0.1, 0.15) is 0 Å². The number of nitrogens with one attached hydrogen (secondary N) is 1. The number of rotatable bonds is 5. The van der Waals surface area contributed by atoms with Crippen LogP contribution in [0.1, 0.15) is 19.8 Å². The van der Waals surface area contributed by atoms with Crippen LogP contribution in [0.15, 0.2) is 12.4 Å². The number of sulfonamides is 1. The van der Waals surface area contributed by atoms with Gasteiger partial charge in [0.25, 0.3) is 0 Å². The Morgan fingerprint density at radius 1 is 1.50 bits per heavy atom. The molecule has 0 atom stereocenters. The molecular weight excluding hydrogens is 254 g/mol. The fourth-order valence-corrected chi connectivity index (χ4v) is 2.57. The van der Waals surface area contributed by atoms with E-state index in [4.69, 9.17) is 4.74 Å². The van der Waals surface area contributed by atoms with E-state index in [0.717, 1.165) is 32.6 Å². The van der Waals surface area contributed by atoms with Crippen LogP contribution >= 0.6 is 0 Å². The second kappa shape index (κ2) is 5.71. The molecule has 6 nitrogen and oxygen atoms in total. The van der Waals surface area contributed by atoms with Gasteiger partial charge in [0.2, 0.25) is 10.0 Å². The maximum Gasteiger partial charge on any atom is 0.232 e. The third-order valence-electron chi connectivity index (χ3n) is 3.07. The Balaban J connectivity index is 1.93. The van der Waals surface area contributed by atoms with Gasteiger partial charge in [0, 0.05) is 26.0 Å². The summed E-state index contributed by atoms with van der Waals surface area (Å²) in [4.78, 5) is 0. The lowest BCUT2D eigenvalue weighted by Crippen LogP contribution is -2.20. The molecule has 1 aliphatic rings. The zero-order valence-electron chi connectivity index (χ0n) is 10.5. The number of ether oxygens (including phenoxy) is 1. The zero-order chi connectivity index (χ0) is 13.0. The first-order valence-corrected chi connectivity index (χ1v) is 7.85. The largest absolute Gasteiger partial charge is 0.381 e. The number of hydrogen-bond donors (Lipinski definition) is 1. The Kier molecular flexibility index (Phi) is 4.23. The first-order chi connectivity index (χ1) is 8.59. The quantitative estimate of drug-likeness (QED) is 0.871. The van der Waals surface area contributed by atoms with Crippen molar-refractivity contribution in [3.63, 3.8) is 0 Å². The van der Waals surface area contributed by atoms with Crippen LogP contribution in [-0.2, 0) is 21.3 Å². The summed E-state index contributed by atoms with van der Waals surface area (Å²) < 4.78 is 32.4. The fraction of sp³-hybridized carbons (Fsp3) is 0.727. The molecule has 1 fully saturated rings. The number of hydrogen-bond acceptors (Lipinski definition) is 4. The molecule has 0 aliphatic carbocycles. The van der Waals surface area contributed by atoms with Gasteiger partial charge >= 0.3 is 0 Å². The van der Waals surface area contributed by atoms with E-state index >= 15 is 0 Å². The van der Waals surface area contributed by atoms with E-state index in [-0.39, 0.29) is 5.75 Å². The molecule has 1 aromatic rings. The maximum atomic E-state index is 11.4. The average Bonchev–Trinajstić information content (AvgIpc) is 2.77. The lowest BCUT2D eigenvalue weighted by atomic mass is 10.0. The molecule has 0 bridgehead atoms. The van der Waals surface area contributed by atoms with Crippen LogP contribution in [0.4, 0.5) is 5.69 Å². The molecule has 1 saturated heterocycles. The van der Waals surface area contributed by atoms with Gasteiger partial charge in [-0.1, -0.05) is 0 Å². The van der Waals surface area contributed by atoms with Crippen molar-refractivity contribution < 1.29 is 13.2 Å². The van der Waals surface area contributed by atoms with E-state index in [1.165, 1.54) is 0 Å². The Bertz CT molecular complexity index is 477. The third-order valence-corrected chi connectivity index (χ3v) is 4.38. The molecule has 1 aliphatic heterocycles. The van der Waals surface area contributed by atoms with Gasteiger partial charge in [-0.25, -0.2) is 8.42 Å². The third kappa shape index (κ3) is 3.71. The van der Waals surface area contributed by atoms with Crippen molar-refractivity contribution in [2.75, 3.05) is 23.7 Å². The lowest BCUT2D eigenvalue weighted by molar-refractivity contribution is 0.0601. The van der Waals surface area contributed by atoms with E-state index in [1.54, 1.807) is 24.0 Å². The summed E-state index contributed by atoms with van der Waals surface area (Å²) in [6.45, 7) is 4.04. The van der Waals surface area contributed by atoms with E-state index in [1.807, 2.05) is 0 Å². The number of nitrogens with zero attached hydrogens (tertiary/aromatic N) is 2.